The van der Waals surface area contributed by atoms with Gasteiger partial charge in [0.2, 0.25) is 11.8 Å². The first-order chi connectivity index (χ1) is 11.5. The number of aryl methyl sites for hydroxylation is 2. The molecule has 1 aliphatic carbocycles. The molecule has 0 spiro atoms. The molecule has 2 atom stereocenters. The maximum atomic E-state index is 12.7. The van der Waals surface area contributed by atoms with Crippen molar-refractivity contribution in [2.45, 2.75) is 71.8 Å². The molecule has 24 heavy (non-hydrogen) atoms. The quantitative estimate of drug-likeness (QED) is 0.761. The van der Waals surface area contributed by atoms with Crippen LogP contribution in [-0.2, 0) is 22.4 Å². The minimum absolute atomic E-state index is 0.0359. The number of carbonyl (C=O) groups is 2. The first kappa shape index (κ1) is 18.5. The zero-order chi connectivity index (χ0) is 17.5. The number of rotatable bonds is 8. The van der Waals surface area contributed by atoms with Crippen LogP contribution in [-0.4, -0.2) is 17.9 Å². The number of fused-ring (bicyclic) bond motifs is 1. The Balaban J connectivity index is 2.02. The Morgan fingerprint density at radius 3 is 2.62 bits per heavy atom. The highest BCUT2D eigenvalue weighted by atomic mass is 16.2. The van der Waals surface area contributed by atoms with Gasteiger partial charge in [-0.15, -0.1) is 0 Å². The van der Waals surface area contributed by atoms with Gasteiger partial charge in [-0.1, -0.05) is 39.7 Å². The van der Waals surface area contributed by atoms with Crippen LogP contribution in [0.3, 0.4) is 0 Å². The summed E-state index contributed by atoms with van der Waals surface area (Å²) in [5.41, 5.74) is 3.55. The van der Waals surface area contributed by atoms with E-state index < -0.39 is 6.04 Å². The summed E-state index contributed by atoms with van der Waals surface area (Å²) in [6.07, 6.45) is 6.56. The molecule has 2 rings (SSSR count). The molecular formula is C20H30N2O2. The lowest BCUT2D eigenvalue weighted by Crippen LogP contribution is -2.47. The molecule has 2 amide bonds. The molecule has 0 heterocycles. The first-order valence-electron chi connectivity index (χ1n) is 9.27. The largest absolute Gasteiger partial charge is 0.344 e. The van der Waals surface area contributed by atoms with E-state index in [1.807, 2.05) is 19.9 Å². The molecule has 2 N–H and O–H groups in total. The predicted octanol–water partition coefficient (Wildman–Crippen LogP) is 3.83. The van der Waals surface area contributed by atoms with E-state index in [0.29, 0.717) is 6.42 Å². The van der Waals surface area contributed by atoms with Crippen LogP contribution in [0.25, 0.3) is 0 Å². The van der Waals surface area contributed by atoms with Gasteiger partial charge in [0.1, 0.15) is 6.04 Å². The van der Waals surface area contributed by atoms with Gasteiger partial charge >= 0.3 is 0 Å². The van der Waals surface area contributed by atoms with Crippen LogP contribution in [0.15, 0.2) is 18.2 Å². The van der Waals surface area contributed by atoms with E-state index in [1.165, 1.54) is 17.5 Å². The highest BCUT2D eigenvalue weighted by Gasteiger charge is 2.26. The molecule has 2 unspecified atom stereocenters. The van der Waals surface area contributed by atoms with E-state index in [9.17, 15) is 9.59 Å². The molecule has 0 bridgehead atoms. The van der Waals surface area contributed by atoms with Gasteiger partial charge in [0.05, 0.1) is 0 Å². The SMILES string of the molecule is CCCCC(=O)NC(C(=O)Nc1ccc2c(c1)CCC2)C(C)CC. The number of hydrogen-bond donors (Lipinski definition) is 2. The van der Waals surface area contributed by atoms with Gasteiger partial charge in [-0.05, 0) is 54.9 Å². The molecule has 1 aromatic carbocycles. The summed E-state index contributed by atoms with van der Waals surface area (Å²) >= 11 is 0. The molecule has 4 heteroatoms. The van der Waals surface area contributed by atoms with Crippen molar-refractivity contribution in [1.82, 2.24) is 5.32 Å². The molecular weight excluding hydrogens is 300 g/mol. The van der Waals surface area contributed by atoms with Crippen molar-refractivity contribution < 1.29 is 9.59 Å². The highest BCUT2D eigenvalue weighted by molar-refractivity contribution is 5.97. The van der Waals surface area contributed by atoms with E-state index in [0.717, 1.165) is 37.8 Å². The van der Waals surface area contributed by atoms with Crippen LogP contribution in [0, 0.1) is 5.92 Å². The molecule has 132 valence electrons. The van der Waals surface area contributed by atoms with Crippen LogP contribution in [0.1, 0.15) is 64.0 Å². The number of unbranched alkanes of at least 4 members (excludes halogenated alkanes) is 1. The minimum Gasteiger partial charge on any atom is -0.344 e. The van der Waals surface area contributed by atoms with Gasteiger partial charge < -0.3 is 10.6 Å². The maximum absolute atomic E-state index is 12.7. The molecule has 0 aliphatic heterocycles. The van der Waals surface area contributed by atoms with Gasteiger partial charge in [-0.2, -0.15) is 0 Å². The summed E-state index contributed by atoms with van der Waals surface area (Å²) in [6.45, 7) is 6.10. The monoisotopic (exact) mass is 330 g/mol. The van der Waals surface area contributed by atoms with Crippen molar-refractivity contribution in [3.63, 3.8) is 0 Å². The number of benzene rings is 1. The lowest BCUT2D eigenvalue weighted by Gasteiger charge is -2.23. The fourth-order valence-electron chi connectivity index (χ4n) is 3.15. The Hall–Kier alpha value is -1.84. The smallest absolute Gasteiger partial charge is 0.247 e. The topological polar surface area (TPSA) is 58.2 Å². The highest BCUT2D eigenvalue weighted by Crippen LogP contribution is 2.25. The Morgan fingerprint density at radius 1 is 1.17 bits per heavy atom. The average Bonchev–Trinajstić information content (AvgIpc) is 3.04. The van der Waals surface area contributed by atoms with Crippen LogP contribution < -0.4 is 10.6 Å². The van der Waals surface area contributed by atoms with Gasteiger partial charge in [0.25, 0.3) is 0 Å². The second-order valence-corrected chi connectivity index (χ2v) is 6.86. The van der Waals surface area contributed by atoms with E-state index in [4.69, 9.17) is 0 Å². The van der Waals surface area contributed by atoms with Gasteiger partial charge in [0.15, 0.2) is 0 Å². The Morgan fingerprint density at radius 2 is 1.92 bits per heavy atom. The molecule has 0 fully saturated rings. The van der Waals surface area contributed by atoms with Crippen molar-refractivity contribution >= 4 is 17.5 Å². The van der Waals surface area contributed by atoms with E-state index >= 15 is 0 Å². The molecule has 1 aliphatic rings. The van der Waals surface area contributed by atoms with Gasteiger partial charge in [0, 0.05) is 12.1 Å². The zero-order valence-corrected chi connectivity index (χ0v) is 15.2. The van der Waals surface area contributed by atoms with Crippen LogP contribution in [0.4, 0.5) is 5.69 Å². The lowest BCUT2D eigenvalue weighted by atomic mass is 9.97. The number of nitrogens with one attached hydrogen (secondary N) is 2. The molecule has 0 aromatic heterocycles. The third-order valence-electron chi connectivity index (χ3n) is 4.94. The minimum atomic E-state index is -0.479. The van der Waals surface area contributed by atoms with Crippen molar-refractivity contribution in [2.24, 2.45) is 5.92 Å². The number of amides is 2. The molecule has 0 radical (unpaired) electrons. The standard InChI is InChI=1S/C20H30N2O2/c1-4-6-10-18(23)22-19(14(3)5-2)20(24)21-17-12-11-15-8-7-9-16(15)13-17/h11-14,19H,4-10H2,1-3H3,(H,21,24)(H,22,23). The fraction of sp³-hybridized carbons (Fsp3) is 0.600. The van der Waals surface area contributed by atoms with E-state index in [1.54, 1.807) is 0 Å². The Labute approximate surface area is 145 Å². The van der Waals surface area contributed by atoms with Crippen LogP contribution >= 0.6 is 0 Å². The molecule has 0 saturated carbocycles. The predicted molar refractivity (Wildman–Crippen MR) is 98.0 cm³/mol. The number of carbonyl (C=O) groups excluding carboxylic acids is 2. The third kappa shape index (κ3) is 4.83. The zero-order valence-electron chi connectivity index (χ0n) is 15.2. The maximum Gasteiger partial charge on any atom is 0.247 e. The first-order valence-corrected chi connectivity index (χ1v) is 9.27. The average molecular weight is 330 g/mol. The third-order valence-corrected chi connectivity index (χ3v) is 4.94. The summed E-state index contributed by atoms with van der Waals surface area (Å²) in [5, 5.41) is 5.92. The summed E-state index contributed by atoms with van der Waals surface area (Å²) in [5.74, 6) is -0.0524. The van der Waals surface area contributed by atoms with Crippen molar-refractivity contribution in [2.75, 3.05) is 5.32 Å². The fourth-order valence-corrected chi connectivity index (χ4v) is 3.15. The van der Waals surface area contributed by atoms with E-state index in [2.05, 4.69) is 29.7 Å². The lowest BCUT2D eigenvalue weighted by molar-refractivity contribution is -0.127. The van der Waals surface area contributed by atoms with Crippen LogP contribution in [0.5, 0.6) is 0 Å². The molecule has 4 nitrogen and oxygen atoms in total. The summed E-state index contributed by atoms with van der Waals surface area (Å²) < 4.78 is 0. The Kier molecular flexibility index (Phi) is 6.83. The summed E-state index contributed by atoms with van der Waals surface area (Å²) in [6, 6.07) is 5.67. The van der Waals surface area contributed by atoms with Gasteiger partial charge in [-0.3, -0.25) is 9.59 Å². The number of anilines is 1. The summed E-state index contributed by atoms with van der Waals surface area (Å²) in [4.78, 5) is 24.7. The van der Waals surface area contributed by atoms with Crippen molar-refractivity contribution in [1.29, 1.82) is 0 Å². The molecule has 1 aromatic rings. The van der Waals surface area contributed by atoms with E-state index in [-0.39, 0.29) is 17.7 Å². The van der Waals surface area contributed by atoms with Gasteiger partial charge in [-0.25, -0.2) is 0 Å². The second-order valence-electron chi connectivity index (χ2n) is 6.86. The Bertz CT molecular complexity index is 583. The second kappa shape index (κ2) is 8.86. The van der Waals surface area contributed by atoms with Crippen molar-refractivity contribution in [3.8, 4) is 0 Å². The normalized spacial score (nSPS) is 15.5. The number of hydrogen-bond acceptors (Lipinski definition) is 2. The van der Waals surface area contributed by atoms with Crippen molar-refractivity contribution in [3.05, 3.63) is 29.3 Å². The summed E-state index contributed by atoms with van der Waals surface area (Å²) in [7, 11) is 0. The van der Waals surface area contributed by atoms with Crippen LogP contribution in [0.2, 0.25) is 0 Å². The molecule has 0 saturated heterocycles.